The molecule has 0 amide bonds. The van der Waals surface area contributed by atoms with Crippen LogP contribution >= 0.6 is 0 Å². The van der Waals surface area contributed by atoms with E-state index < -0.39 is 14.9 Å². The molecule has 0 saturated heterocycles. The molecule has 2 rings (SSSR count). The van der Waals surface area contributed by atoms with Crippen LogP contribution in [0.1, 0.15) is 0 Å². The molecule has 0 atom stereocenters. The lowest BCUT2D eigenvalue weighted by molar-refractivity contribution is -0.385. The van der Waals surface area contributed by atoms with E-state index in [1.165, 1.54) is 25.3 Å². The predicted octanol–water partition coefficient (Wildman–Crippen LogP) is 2.45. The van der Waals surface area contributed by atoms with Gasteiger partial charge in [-0.2, -0.15) is 0 Å². The van der Waals surface area contributed by atoms with Crippen LogP contribution in [0, 0.1) is 22.5 Å². The number of non-ortho nitro benzene ring substituents is 1. The fourth-order valence-corrected chi connectivity index (χ4v) is 3.34. The van der Waals surface area contributed by atoms with Crippen LogP contribution in [-0.2, 0) is 10.0 Å². The molecule has 2 N–H and O–H groups in total. The predicted molar refractivity (Wildman–Crippen MR) is 94.2 cm³/mol. The molecular formula is C16H15N3O5S. The number of hydrogen-bond acceptors (Lipinski definition) is 6. The Kier molecular flexibility index (Phi) is 5.46. The molecule has 9 heteroatoms. The molecule has 130 valence electrons. The number of methoxy groups -OCH3 is 1. The van der Waals surface area contributed by atoms with Crippen LogP contribution in [0.4, 0.5) is 17.1 Å². The summed E-state index contributed by atoms with van der Waals surface area (Å²) in [6, 6.07) is 9.88. The second-order valence-corrected chi connectivity index (χ2v) is 6.45. The standard InChI is InChI=1S/C16H15N3O5S/c1-3-10-17-14-9-8-12(19(20)21)11-16(14)25(22,23)18-13-6-4-5-7-15(13)24-2/h1,4-9,11,17-18H,10H2,2H3. The number of nitro benzene ring substituents is 1. The topological polar surface area (TPSA) is 111 Å². The Hall–Kier alpha value is -3.25. The van der Waals surface area contributed by atoms with Gasteiger partial charge in [-0.3, -0.25) is 14.8 Å². The minimum absolute atomic E-state index is 0.0645. The van der Waals surface area contributed by atoms with Gasteiger partial charge >= 0.3 is 0 Å². The fourth-order valence-electron chi connectivity index (χ4n) is 2.07. The summed E-state index contributed by atoms with van der Waals surface area (Å²) in [4.78, 5) is 10.0. The van der Waals surface area contributed by atoms with E-state index in [9.17, 15) is 18.5 Å². The van der Waals surface area contributed by atoms with Crippen LogP contribution in [-0.4, -0.2) is 27.0 Å². The van der Waals surface area contributed by atoms with Crippen LogP contribution in [0.25, 0.3) is 0 Å². The van der Waals surface area contributed by atoms with Gasteiger partial charge in [0.15, 0.2) is 0 Å². The van der Waals surface area contributed by atoms with E-state index in [1.807, 2.05) is 0 Å². The maximum Gasteiger partial charge on any atom is 0.270 e. The van der Waals surface area contributed by atoms with Crippen LogP contribution in [0.3, 0.4) is 0 Å². The number of anilines is 2. The first-order chi connectivity index (χ1) is 11.9. The Morgan fingerprint density at radius 1 is 1.24 bits per heavy atom. The molecule has 2 aromatic carbocycles. The minimum atomic E-state index is -4.13. The Morgan fingerprint density at radius 3 is 2.60 bits per heavy atom. The molecule has 0 aromatic heterocycles. The van der Waals surface area contributed by atoms with Crippen molar-refractivity contribution in [2.24, 2.45) is 0 Å². The zero-order chi connectivity index (χ0) is 18.4. The van der Waals surface area contributed by atoms with Gasteiger partial charge in [-0.05, 0) is 18.2 Å². The van der Waals surface area contributed by atoms with Crippen molar-refractivity contribution in [2.45, 2.75) is 4.90 Å². The third-order valence-corrected chi connectivity index (χ3v) is 4.60. The molecule has 0 aliphatic rings. The molecule has 25 heavy (non-hydrogen) atoms. The van der Waals surface area contributed by atoms with Gasteiger partial charge in [0.2, 0.25) is 0 Å². The van der Waals surface area contributed by atoms with E-state index in [4.69, 9.17) is 11.2 Å². The number of sulfonamides is 1. The van der Waals surface area contributed by atoms with E-state index in [0.717, 1.165) is 6.07 Å². The number of ether oxygens (including phenoxy) is 1. The first kappa shape index (κ1) is 18.1. The van der Waals surface area contributed by atoms with Crippen LogP contribution in [0.5, 0.6) is 5.75 Å². The van der Waals surface area contributed by atoms with Gasteiger partial charge in [-0.25, -0.2) is 8.42 Å². The van der Waals surface area contributed by atoms with Gasteiger partial charge in [-0.15, -0.1) is 6.42 Å². The summed E-state index contributed by atoms with van der Waals surface area (Å²) in [5.74, 6) is 2.63. The molecule has 0 aliphatic carbocycles. The fraction of sp³-hybridized carbons (Fsp3) is 0.125. The van der Waals surface area contributed by atoms with Crippen molar-refractivity contribution < 1.29 is 18.1 Å². The van der Waals surface area contributed by atoms with Crippen molar-refractivity contribution in [3.8, 4) is 18.1 Å². The quantitative estimate of drug-likeness (QED) is 0.445. The summed E-state index contributed by atoms with van der Waals surface area (Å²) in [6.45, 7) is 0.0645. The first-order valence-electron chi connectivity index (χ1n) is 7.00. The van der Waals surface area contributed by atoms with Crippen LogP contribution in [0.15, 0.2) is 47.4 Å². The van der Waals surface area contributed by atoms with Gasteiger partial charge in [0.1, 0.15) is 10.6 Å². The Morgan fingerprint density at radius 2 is 1.96 bits per heavy atom. The number of benzene rings is 2. The highest BCUT2D eigenvalue weighted by molar-refractivity contribution is 7.93. The van der Waals surface area contributed by atoms with Crippen molar-refractivity contribution in [3.05, 3.63) is 52.6 Å². The van der Waals surface area contributed by atoms with Crippen molar-refractivity contribution in [1.82, 2.24) is 0 Å². The number of para-hydroxylation sites is 2. The molecule has 8 nitrogen and oxygen atoms in total. The molecular weight excluding hydrogens is 346 g/mol. The molecule has 0 fully saturated rings. The Labute approximate surface area is 145 Å². The van der Waals surface area contributed by atoms with Crippen molar-refractivity contribution in [3.63, 3.8) is 0 Å². The Balaban J connectivity index is 2.51. The van der Waals surface area contributed by atoms with E-state index in [2.05, 4.69) is 16.0 Å². The number of hydrogen-bond donors (Lipinski definition) is 2. The number of terminal acetylenes is 1. The zero-order valence-electron chi connectivity index (χ0n) is 13.2. The highest BCUT2D eigenvalue weighted by atomic mass is 32.2. The van der Waals surface area contributed by atoms with E-state index in [0.29, 0.717) is 5.75 Å². The number of nitrogens with one attached hydrogen (secondary N) is 2. The van der Waals surface area contributed by atoms with Crippen LogP contribution in [0.2, 0.25) is 0 Å². The molecule has 0 saturated carbocycles. The summed E-state index contributed by atoms with van der Waals surface area (Å²) in [5, 5.41) is 13.7. The van der Waals surface area contributed by atoms with Crippen molar-refractivity contribution in [2.75, 3.05) is 23.7 Å². The lowest BCUT2D eigenvalue weighted by Crippen LogP contribution is -2.16. The normalized spacial score (nSPS) is 10.6. The maximum atomic E-state index is 12.7. The van der Waals surface area contributed by atoms with E-state index in [-0.39, 0.29) is 28.5 Å². The molecule has 0 aliphatic heterocycles. The smallest absolute Gasteiger partial charge is 0.270 e. The van der Waals surface area contributed by atoms with Crippen molar-refractivity contribution >= 4 is 27.1 Å². The highest BCUT2D eigenvalue weighted by Gasteiger charge is 2.23. The summed E-state index contributed by atoms with van der Waals surface area (Å²) in [7, 11) is -2.73. The lowest BCUT2D eigenvalue weighted by Gasteiger charge is -2.14. The van der Waals surface area contributed by atoms with Crippen molar-refractivity contribution in [1.29, 1.82) is 0 Å². The molecule has 0 heterocycles. The third kappa shape index (κ3) is 4.19. The average Bonchev–Trinajstić information content (AvgIpc) is 2.59. The Bertz CT molecular complexity index is 935. The third-order valence-electron chi connectivity index (χ3n) is 3.20. The molecule has 0 spiro atoms. The number of nitrogens with zero attached hydrogens (tertiary/aromatic N) is 1. The van der Waals surface area contributed by atoms with Gasteiger partial charge < -0.3 is 10.1 Å². The summed E-state index contributed by atoms with van der Waals surface area (Å²) >= 11 is 0. The van der Waals surface area contributed by atoms with Gasteiger partial charge in [0.25, 0.3) is 15.7 Å². The summed E-state index contributed by atoms with van der Waals surface area (Å²) < 4.78 is 33.0. The summed E-state index contributed by atoms with van der Waals surface area (Å²) in [6.07, 6.45) is 5.17. The van der Waals surface area contributed by atoms with Gasteiger partial charge in [0, 0.05) is 12.1 Å². The van der Waals surface area contributed by atoms with E-state index >= 15 is 0 Å². The molecule has 0 radical (unpaired) electrons. The lowest BCUT2D eigenvalue weighted by atomic mass is 10.3. The molecule has 2 aromatic rings. The maximum absolute atomic E-state index is 12.7. The second-order valence-electron chi connectivity index (χ2n) is 4.80. The zero-order valence-corrected chi connectivity index (χ0v) is 14.0. The van der Waals surface area contributed by atoms with E-state index in [1.54, 1.807) is 18.2 Å². The van der Waals surface area contributed by atoms with Crippen LogP contribution < -0.4 is 14.8 Å². The molecule has 0 bridgehead atoms. The largest absolute Gasteiger partial charge is 0.495 e. The average molecular weight is 361 g/mol. The number of rotatable bonds is 7. The summed E-state index contributed by atoms with van der Waals surface area (Å²) in [5.41, 5.74) is 0.0111. The monoisotopic (exact) mass is 361 g/mol. The highest BCUT2D eigenvalue weighted by Crippen LogP contribution is 2.31. The SMILES string of the molecule is C#CCNc1ccc([N+](=O)[O-])cc1S(=O)(=O)Nc1ccccc1OC. The number of nitro groups is 1. The van der Waals surface area contributed by atoms with Gasteiger partial charge in [0.05, 0.1) is 30.0 Å². The molecule has 0 unspecified atom stereocenters. The second kappa shape index (κ2) is 7.55. The minimum Gasteiger partial charge on any atom is -0.495 e. The first-order valence-corrected chi connectivity index (χ1v) is 8.49. The van der Waals surface area contributed by atoms with Gasteiger partial charge in [-0.1, -0.05) is 18.1 Å².